The molecule has 0 saturated heterocycles. The predicted molar refractivity (Wildman–Crippen MR) is 45.8 cm³/mol. The first-order valence-corrected chi connectivity index (χ1v) is 4.21. The maximum Gasteiger partial charge on any atom is 0.305 e. The zero-order valence-corrected chi connectivity index (χ0v) is 7.59. The molecule has 0 spiro atoms. The second-order valence-electron chi connectivity index (χ2n) is 3.07. The van der Waals surface area contributed by atoms with Crippen LogP contribution in [-0.4, -0.2) is 44.6 Å². The van der Waals surface area contributed by atoms with Crippen LogP contribution >= 0.6 is 0 Å². The zero-order chi connectivity index (χ0) is 11.1. The molecule has 0 aliphatic heterocycles. The lowest BCUT2D eigenvalue weighted by Gasteiger charge is -2.12. The van der Waals surface area contributed by atoms with E-state index >= 15 is 0 Å². The molecule has 0 bridgehead atoms. The van der Waals surface area contributed by atoms with E-state index in [0.29, 0.717) is 0 Å². The molecule has 6 heteroatoms. The monoisotopic (exact) mass is 206 g/mol. The van der Waals surface area contributed by atoms with Gasteiger partial charge in [-0.1, -0.05) is 0 Å². The van der Waals surface area contributed by atoms with Crippen LogP contribution in [0.5, 0.6) is 0 Å². The molecule has 0 fully saturated rings. The smallest absolute Gasteiger partial charge is 0.305 e. The minimum atomic E-state index is -1.15. The Morgan fingerprint density at radius 3 is 2.00 bits per heavy atom. The lowest BCUT2D eigenvalue weighted by molar-refractivity contribution is -0.140. The summed E-state index contributed by atoms with van der Waals surface area (Å²) >= 11 is 0. The van der Waals surface area contributed by atoms with Crippen LogP contribution in [0.3, 0.4) is 0 Å². The first-order chi connectivity index (χ1) is 6.41. The highest BCUT2D eigenvalue weighted by Gasteiger charge is 2.15. The van der Waals surface area contributed by atoms with Crippen molar-refractivity contribution in [1.29, 1.82) is 0 Å². The fraction of sp³-hybridized carbons (Fsp3) is 0.750. The van der Waals surface area contributed by atoms with Gasteiger partial charge in [-0.05, 0) is 12.8 Å². The Balaban J connectivity index is 3.65. The Hall–Kier alpha value is -1.14. The van der Waals surface area contributed by atoms with Crippen molar-refractivity contribution >= 4 is 11.9 Å². The van der Waals surface area contributed by atoms with Gasteiger partial charge in [-0.2, -0.15) is 0 Å². The molecule has 0 radical (unpaired) electrons. The van der Waals surface area contributed by atoms with Crippen molar-refractivity contribution in [3.63, 3.8) is 0 Å². The Kier molecular flexibility index (Phi) is 5.82. The second-order valence-corrected chi connectivity index (χ2v) is 3.07. The number of carboxylic acid groups (broad SMARTS) is 2. The second kappa shape index (κ2) is 6.33. The molecule has 0 aliphatic carbocycles. The average molecular weight is 206 g/mol. The summed E-state index contributed by atoms with van der Waals surface area (Å²) in [4.78, 5) is 20.2. The molecule has 2 unspecified atom stereocenters. The van der Waals surface area contributed by atoms with Crippen molar-refractivity contribution in [1.82, 2.24) is 0 Å². The van der Waals surface area contributed by atoms with Crippen LogP contribution < -0.4 is 0 Å². The van der Waals surface area contributed by atoms with Crippen molar-refractivity contribution in [3.8, 4) is 0 Å². The van der Waals surface area contributed by atoms with E-state index in [1.807, 2.05) is 0 Å². The van der Waals surface area contributed by atoms with Crippen LogP contribution in [0, 0.1) is 0 Å². The number of hydrogen-bond acceptors (Lipinski definition) is 4. The summed E-state index contributed by atoms with van der Waals surface area (Å²) in [5.41, 5.74) is 0. The van der Waals surface area contributed by atoms with Crippen LogP contribution in [0.4, 0.5) is 0 Å². The first kappa shape index (κ1) is 12.9. The zero-order valence-electron chi connectivity index (χ0n) is 7.59. The van der Waals surface area contributed by atoms with Crippen LogP contribution in [0.2, 0.25) is 0 Å². The topological polar surface area (TPSA) is 115 Å². The lowest BCUT2D eigenvalue weighted by Crippen LogP contribution is -2.21. The molecule has 6 nitrogen and oxygen atoms in total. The molecule has 0 aromatic rings. The highest BCUT2D eigenvalue weighted by Crippen LogP contribution is 2.07. The maximum absolute atomic E-state index is 10.1. The first-order valence-electron chi connectivity index (χ1n) is 4.21. The molecule has 0 aliphatic rings. The minimum absolute atomic E-state index is 0.0199. The molecule has 82 valence electrons. The van der Waals surface area contributed by atoms with E-state index in [-0.39, 0.29) is 19.3 Å². The molecule has 0 amide bonds. The van der Waals surface area contributed by atoms with Crippen molar-refractivity contribution < 1.29 is 30.0 Å². The van der Waals surface area contributed by atoms with E-state index in [0.717, 1.165) is 0 Å². The number of aliphatic hydroxyl groups is 2. The van der Waals surface area contributed by atoms with E-state index < -0.39 is 30.6 Å². The third kappa shape index (κ3) is 7.51. The van der Waals surface area contributed by atoms with Crippen LogP contribution in [0.15, 0.2) is 0 Å². The van der Waals surface area contributed by atoms with Crippen LogP contribution in [0.25, 0.3) is 0 Å². The Morgan fingerprint density at radius 1 is 1.00 bits per heavy atom. The van der Waals surface area contributed by atoms with Gasteiger partial charge in [0.1, 0.15) is 0 Å². The Morgan fingerprint density at radius 2 is 1.57 bits per heavy atom. The predicted octanol–water partition coefficient (Wildman–Crippen LogP) is -0.562. The van der Waals surface area contributed by atoms with E-state index in [9.17, 15) is 9.59 Å². The molecule has 14 heavy (non-hydrogen) atoms. The van der Waals surface area contributed by atoms with E-state index in [1.54, 1.807) is 0 Å². The highest BCUT2D eigenvalue weighted by atomic mass is 16.4. The lowest BCUT2D eigenvalue weighted by atomic mass is 10.1. The number of rotatable bonds is 7. The van der Waals surface area contributed by atoms with Gasteiger partial charge in [-0.3, -0.25) is 9.59 Å². The highest BCUT2D eigenvalue weighted by molar-refractivity contribution is 5.67. The van der Waals surface area contributed by atoms with Crippen LogP contribution in [-0.2, 0) is 9.59 Å². The molecule has 0 rings (SSSR count). The van der Waals surface area contributed by atoms with Gasteiger partial charge < -0.3 is 20.4 Å². The standard InChI is InChI=1S/C8H14O6/c9-5(1-2-7(11)12)3-6(10)4-8(13)14/h5-6,9-10H,1-4H2,(H,11,12)(H,13,14). The number of aliphatic hydroxyl groups excluding tert-OH is 2. The summed E-state index contributed by atoms with van der Waals surface area (Å²) in [6.07, 6.45) is -2.83. The van der Waals surface area contributed by atoms with Crippen molar-refractivity contribution in [2.75, 3.05) is 0 Å². The van der Waals surface area contributed by atoms with Gasteiger partial charge in [0.2, 0.25) is 0 Å². The molecular weight excluding hydrogens is 192 g/mol. The molecule has 4 N–H and O–H groups in total. The fourth-order valence-electron chi connectivity index (χ4n) is 1.01. The number of carbonyl (C=O) groups is 2. The van der Waals surface area contributed by atoms with Crippen molar-refractivity contribution in [3.05, 3.63) is 0 Å². The van der Waals surface area contributed by atoms with E-state index in [2.05, 4.69) is 0 Å². The normalized spacial score (nSPS) is 14.7. The maximum atomic E-state index is 10.1. The summed E-state index contributed by atoms with van der Waals surface area (Å²) in [5.74, 6) is -2.18. The molecule has 0 heterocycles. The molecular formula is C8H14O6. The van der Waals surface area contributed by atoms with E-state index in [4.69, 9.17) is 20.4 Å². The molecule has 0 saturated carbocycles. The summed E-state index contributed by atoms with van der Waals surface area (Å²) in [6.45, 7) is 0. The fourth-order valence-corrected chi connectivity index (χ4v) is 1.01. The van der Waals surface area contributed by atoms with Gasteiger partial charge >= 0.3 is 11.9 Å². The third-order valence-corrected chi connectivity index (χ3v) is 1.65. The summed E-state index contributed by atoms with van der Waals surface area (Å²) in [6, 6.07) is 0. The van der Waals surface area contributed by atoms with Crippen LogP contribution in [0.1, 0.15) is 25.7 Å². The number of hydrogen-bond donors (Lipinski definition) is 4. The average Bonchev–Trinajstić information content (AvgIpc) is 1.98. The molecule has 2 atom stereocenters. The van der Waals surface area contributed by atoms with Gasteiger partial charge in [-0.25, -0.2) is 0 Å². The summed E-state index contributed by atoms with van der Waals surface area (Å²) < 4.78 is 0. The minimum Gasteiger partial charge on any atom is -0.481 e. The van der Waals surface area contributed by atoms with Gasteiger partial charge in [0.05, 0.1) is 18.6 Å². The Bertz CT molecular complexity index is 202. The van der Waals surface area contributed by atoms with Gasteiger partial charge in [0.25, 0.3) is 0 Å². The summed E-state index contributed by atoms with van der Waals surface area (Å²) in [5, 5.41) is 34.8. The van der Waals surface area contributed by atoms with Crippen molar-refractivity contribution in [2.45, 2.75) is 37.9 Å². The third-order valence-electron chi connectivity index (χ3n) is 1.65. The molecule has 0 aromatic carbocycles. The SMILES string of the molecule is O=C(O)CCC(O)CC(O)CC(=O)O. The van der Waals surface area contributed by atoms with E-state index in [1.165, 1.54) is 0 Å². The summed E-state index contributed by atoms with van der Waals surface area (Å²) in [7, 11) is 0. The van der Waals surface area contributed by atoms with Crippen molar-refractivity contribution in [2.24, 2.45) is 0 Å². The number of aliphatic carboxylic acids is 2. The quantitative estimate of drug-likeness (QED) is 0.443. The van der Waals surface area contributed by atoms with Gasteiger partial charge in [0.15, 0.2) is 0 Å². The Labute approximate surface area is 80.8 Å². The van der Waals surface area contributed by atoms with Gasteiger partial charge in [-0.15, -0.1) is 0 Å². The molecule has 0 aromatic heterocycles. The van der Waals surface area contributed by atoms with Gasteiger partial charge in [0, 0.05) is 6.42 Å². The largest absolute Gasteiger partial charge is 0.481 e. The number of carboxylic acids is 2.